The number of amides is 1. The Hall–Kier alpha value is -2.45. The van der Waals surface area contributed by atoms with Gasteiger partial charge in [0.15, 0.2) is 0 Å². The summed E-state index contributed by atoms with van der Waals surface area (Å²) in [4.78, 5) is 18.8. The smallest absolute Gasteiger partial charge is 0.405 e. The first kappa shape index (κ1) is 21.4. The maximum atomic E-state index is 13.7. The number of benzene rings is 1. The number of nitrogens with zero attached hydrogens (tertiary/aromatic N) is 3. The Bertz CT molecular complexity index is 979. The highest BCUT2D eigenvalue weighted by atomic mass is 19.1. The number of carboxylic acid groups (broad SMARTS) is 1. The molecule has 8 heteroatoms. The summed E-state index contributed by atoms with van der Waals surface area (Å²) in [6.07, 6.45) is 5.16. The molecular formula is C24H32FN5O2. The molecule has 3 aliphatic heterocycles. The highest BCUT2D eigenvalue weighted by molar-refractivity contribution is 5.65. The van der Waals surface area contributed by atoms with E-state index in [9.17, 15) is 14.3 Å². The van der Waals surface area contributed by atoms with E-state index < -0.39 is 12.1 Å². The van der Waals surface area contributed by atoms with Crippen molar-refractivity contribution >= 4 is 6.09 Å². The fraction of sp³-hybridized carbons (Fsp3) is 0.583. The van der Waals surface area contributed by atoms with E-state index in [0.717, 1.165) is 44.7 Å². The fourth-order valence-electron chi connectivity index (χ4n) is 6.23. The van der Waals surface area contributed by atoms with Gasteiger partial charge < -0.3 is 20.3 Å². The van der Waals surface area contributed by atoms with Gasteiger partial charge in [-0.1, -0.05) is 12.1 Å². The van der Waals surface area contributed by atoms with Crippen LogP contribution >= 0.6 is 0 Å². The van der Waals surface area contributed by atoms with Gasteiger partial charge in [0.2, 0.25) is 0 Å². The van der Waals surface area contributed by atoms with Crippen molar-refractivity contribution in [2.24, 2.45) is 0 Å². The molecule has 2 aromatic rings. The molecule has 2 saturated heterocycles. The van der Waals surface area contributed by atoms with Gasteiger partial charge in [0, 0.05) is 44.2 Å². The van der Waals surface area contributed by atoms with Crippen molar-refractivity contribution in [3.63, 3.8) is 0 Å². The van der Waals surface area contributed by atoms with Gasteiger partial charge in [-0.3, -0.25) is 4.90 Å². The van der Waals surface area contributed by atoms with Crippen molar-refractivity contribution in [2.45, 2.75) is 76.2 Å². The van der Waals surface area contributed by atoms with E-state index >= 15 is 0 Å². The number of imidazole rings is 1. The topological polar surface area (TPSA) is 82.4 Å². The van der Waals surface area contributed by atoms with Gasteiger partial charge in [0.1, 0.15) is 11.6 Å². The standard InChI is InChI=1S/C24H32FN5O2/c1-15-27-22-7-9-26-14-23(22)30(15)20-12-18-5-6-19(13-20)29(18)10-8-21(28-24(31)32)16-3-2-4-17(25)11-16/h2-4,11,18-21,26,28H,5-10,12-14H2,1H3,(H,31,32)/t18-,19+,20+,21-/m0/s1. The normalized spacial score (nSPS) is 26.0. The molecule has 0 radical (unpaired) electrons. The molecule has 0 saturated carbocycles. The molecule has 4 heterocycles. The quantitative estimate of drug-likeness (QED) is 0.639. The monoisotopic (exact) mass is 441 g/mol. The summed E-state index contributed by atoms with van der Waals surface area (Å²) in [6.45, 7) is 4.85. The third-order valence-electron chi connectivity index (χ3n) is 7.55. The van der Waals surface area contributed by atoms with Gasteiger partial charge in [-0.2, -0.15) is 0 Å². The molecule has 1 amide bonds. The van der Waals surface area contributed by atoms with Crippen LogP contribution in [0, 0.1) is 12.7 Å². The molecule has 0 spiro atoms. The minimum absolute atomic E-state index is 0.339. The Labute approximate surface area is 188 Å². The Morgan fingerprint density at radius 1 is 1.31 bits per heavy atom. The molecule has 2 fully saturated rings. The number of hydrogen-bond donors (Lipinski definition) is 3. The minimum Gasteiger partial charge on any atom is -0.465 e. The Kier molecular flexibility index (Phi) is 5.90. The number of nitrogens with one attached hydrogen (secondary N) is 2. The molecule has 1 aromatic heterocycles. The van der Waals surface area contributed by atoms with Gasteiger partial charge >= 0.3 is 6.09 Å². The lowest BCUT2D eigenvalue weighted by molar-refractivity contribution is 0.0996. The molecule has 5 rings (SSSR count). The summed E-state index contributed by atoms with van der Waals surface area (Å²) >= 11 is 0. The Balaban J connectivity index is 1.28. The number of carbonyl (C=O) groups is 1. The summed E-state index contributed by atoms with van der Waals surface area (Å²) in [5.74, 6) is 0.794. The van der Waals surface area contributed by atoms with Crippen LogP contribution in [0.3, 0.4) is 0 Å². The van der Waals surface area contributed by atoms with Crippen LogP contribution in [0.2, 0.25) is 0 Å². The lowest BCUT2D eigenvalue weighted by atomic mass is 9.95. The number of fused-ring (bicyclic) bond motifs is 3. The number of rotatable bonds is 6. The van der Waals surface area contributed by atoms with E-state index in [1.807, 2.05) is 0 Å². The first-order valence-electron chi connectivity index (χ1n) is 11.8. The lowest BCUT2D eigenvalue weighted by Crippen LogP contribution is -2.45. The molecule has 0 aliphatic carbocycles. The van der Waals surface area contributed by atoms with E-state index in [1.165, 1.54) is 36.4 Å². The van der Waals surface area contributed by atoms with Crippen molar-refractivity contribution in [3.05, 3.63) is 52.9 Å². The second-order valence-electron chi connectivity index (χ2n) is 9.44. The molecule has 1 aromatic carbocycles. The third-order valence-corrected chi connectivity index (χ3v) is 7.55. The molecule has 4 atom stereocenters. The summed E-state index contributed by atoms with van der Waals surface area (Å²) in [5.41, 5.74) is 3.31. The summed E-state index contributed by atoms with van der Waals surface area (Å²) in [6, 6.07) is 7.34. The second-order valence-corrected chi connectivity index (χ2v) is 9.44. The maximum absolute atomic E-state index is 13.7. The molecule has 3 aliphatic rings. The van der Waals surface area contributed by atoms with Gasteiger partial charge in [0.05, 0.1) is 17.4 Å². The Morgan fingerprint density at radius 3 is 2.81 bits per heavy atom. The van der Waals surface area contributed by atoms with Crippen LogP contribution in [-0.2, 0) is 13.0 Å². The first-order valence-corrected chi connectivity index (χ1v) is 11.8. The highest BCUT2D eigenvalue weighted by Crippen LogP contribution is 2.42. The van der Waals surface area contributed by atoms with Crippen LogP contribution in [0.25, 0.3) is 0 Å². The molecule has 7 nitrogen and oxygen atoms in total. The summed E-state index contributed by atoms with van der Waals surface area (Å²) in [5, 5.41) is 15.4. The van der Waals surface area contributed by atoms with Crippen LogP contribution in [0.1, 0.15) is 67.0 Å². The summed E-state index contributed by atoms with van der Waals surface area (Å²) < 4.78 is 16.2. The largest absolute Gasteiger partial charge is 0.465 e. The van der Waals surface area contributed by atoms with E-state index in [-0.39, 0.29) is 5.82 Å². The fourth-order valence-corrected chi connectivity index (χ4v) is 6.23. The minimum atomic E-state index is -1.07. The number of piperidine rings is 1. The van der Waals surface area contributed by atoms with Crippen LogP contribution < -0.4 is 10.6 Å². The van der Waals surface area contributed by atoms with Crippen molar-refractivity contribution in [1.29, 1.82) is 0 Å². The number of halogens is 1. The zero-order valence-electron chi connectivity index (χ0n) is 18.6. The first-order chi connectivity index (χ1) is 15.5. The van der Waals surface area contributed by atoms with Crippen molar-refractivity contribution in [1.82, 2.24) is 25.1 Å². The van der Waals surface area contributed by atoms with E-state index in [4.69, 9.17) is 4.98 Å². The number of aryl methyl sites for hydroxylation is 1. The van der Waals surface area contributed by atoms with E-state index in [1.54, 1.807) is 12.1 Å². The van der Waals surface area contributed by atoms with Crippen molar-refractivity contribution in [2.75, 3.05) is 13.1 Å². The van der Waals surface area contributed by atoms with E-state index in [0.29, 0.717) is 30.1 Å². The van der Waals surface area contributed by atoms with Gasteiger partial charge in [-0.05, 0) is 56.7 Å². The van der Waals surface area contributed by atoms with Gasteiger partial charge in [-0.25, -0.2) is 14.2 Å². The van der Waals surface area contributed by atoms with Crippen LogP contribution in [0.15, 0.2) is 24.3 Å². The maximum Gasteiger partial charge on any atom is 0.405 e. The van der Waals surface area contributed by atoms with Crippen LogP contribution in [0.5, 0.6) is 0 Å². The van der Waals surface area contributed by atoms with Gasteiger partial charge in [-0.15, -0.1) is 0 Å². The number of aromatic nitrogens is 2. The average molecular weight is 442 g/mol. The SMILES string of the molecule is Cc1nc2c(n1[C@H]1C[C@H]3CC[C@@H](C1)N3CC[C@H](NC(=O)O)c1cccc(F)c1)CNCC2. The molecule has 172 valence electrons. The van der Waals surface area contributed by atoms with Crippen LogP contribution in [0.4, 0.5) is 9.18 Å². The highest BCUT2D eigenvalue weighted by Gasteiger charge is 2.42. The Morgan fingerprint density at radius 2 is 2.09 bits per heavy atom. The molecular weight excluding hydrogens is 409 g/mol. The molecule has 32 heavy (non-hydrogen) atoms. The predicted octanol–water partition coefficient (Wildman–Crippen LogP) is 3.54. The summed E-state index contributed by atoms with van der Waals surface area (Å²) in [7, 11) is 0. The number of hydrogen-bond acceptors (Lipinski definition) is 4. The molecule has 3 N–H and O–H groups in total. The van der Waals surface area contributed by atoms with E-state index in [2.05, 4.69) is 27.0 Å². The average Bonchev–Trinajstić information content (AvgIpc) is 3.22. The zero-order valence-corrected chi connectivity index (χ0v) is 18.6. The van der Waals surface area contributed by atoms with Gasteiger partial charge in [0.25, 0.3) is 0 Å². The third kappa shape index (κ3) is 4.13. The second kappa shape index (κ2) is 8.83. The lowest BCUT2D eigenvalue weighted by Gasteiger charge is -2.41. The van der Waals surface area contributed by atoms with Crippen molar-refractivity contribution in [3.8, 4) is 0 Å². The zero-order chi connectivity index (χ0) is 22.2. The predicted molar refractivity (Wildman–Crippen MR) is 119 cm³/mol. The van der Waals surface area contributed by atoms with Crippen molar-refractivity contribution < 1.29 is 14.3 Å². The molecule has 0 unspecified atom stereocenters. The molecule has 2 bridgehead atoms. The van der Waals surface area contributed by atoms with Crippen LogP contribution in [-0.4, -0.2) is 50.8 Å².